The number of ether oxygens (including phenoxy) is 1. The summed E-state index contributed by atoms with van der Waals surface area (Å²) in [5.41, 5.74) is 0. The normalized spacial score (nSPS) is 10.9. The number of hydrogen-bond acceptors (Lipinski definition) is 3. The summed E-state index contributed by atoms with van der Waals surface area (Å²) in [5, 5.41) is 3.44. The Morgan fingerprint density at radius 1 is 1.44 bits per heavy atom. The fourth-order valence-corrected chi connectivity index (χ4v) is 2.25. The summed E-state index contributed by atoms with van der Waals surface area (Å²) in [6.45, 7) is 11.4. The van der Waals surface area contributed by atoms with Gasteiger partial charge in [0.25, 0.3) is 0 Å². The predicted octanol–water partition coefficient (Wildman–Crippen LogP) is 3.20. The Morgan fingerprint density at radius 3 is 2.88 bits per heavy atom. The van der Waals surface area contributed by atoms with E-state index in [0.29, 0.717) is 19.1 Å². The highest BCUT2D eigenvalue weighted by Gasteiger charge is 2.00. The predicted molar refractivity (Wildman–Crippen MR) is 70.7 cm³/mol. The number of nitrogens with one attached hydrogen (secondary N) is 1. The van der Waals surface area contributed by atoms with Gasteiger partial charge in [-0.2, -0.15) is 0 Å². The van der Waals surface area contributed by atoms with Crippen LogP contribution in [0.25, 0.3) is 0 Å². The van der Waals surface area contributed by atoms with Crippen LogP contribution < -0.4 is 5.32 Å². The topological polar surface area (TPSA) is 21.3 Å². The zero-order valence-electron chi connectivity index (χ0n) is 10.2. The maximum atomic E-state index is 5.40. The van der Waals surface area contributed by atoms with Gasteiger partial charge in [-0.25, -0.2) is 0 Å². The van der Waals surface area contributed by atoms with Crippen molar-refractivity contribution in [3.63, 3.8) is 0 Å². The van der Waals surface area contributed by atoms with Crippen molar-refractivity contribution >= 4 is 11.3 Å². The second-order valence-corrected chi connectivity index (χ2v) is 5.45. The van der Waals surface area contributed by atoms with Gasteiger partial charge in [-0.3, -0.25) is 0 Å². The van der Waals surface area contributed by atoms with E-state index in [1.54, 1.807) is 6.08 Å². The first-order valence-corrected chi connectivity index (χ1v) is 6.51. The molecule has 2 nitrogen and oxygen atoms in total. The fourth-order valence-electron chi connectivity index (χ4n) is 1.32. The molecule has 0 radical (unpaired) electrons. The van der Waals surface area contributed by atoms with Gasteiger partial charge in [-0.15, -0.1) is 17.9 Å². The van der Waals surface area contributed by atoms with Crippen LogP contribution in [0.5, 0.6) is 0 Å². The van der Waals surface area contributed by atoms with Crippen LogP contribution in [0.2, 0.25) is 0 Å². The van der Waals surface area contributed by atoms with Crippen molar-refractivity contribution in [2.75, 3.05) is 13.2 Å². The van der Waals surface area contributed by atoms with E-state index in [2.05, 4.69) is 37.9 Å². The van der Waals surface area contributed by atoms with Crippen molar-refractivity contribution in [3.8, 4) is 0 Å². The molecule has 16 heavy (non-hydrogen) atoms. The molecule has 0 aliphatic heterocycles. The lowest BCUT2D eigenvalue weighted by molar-refractivity contribution is 0.151. The summed E-state index contributed by atoms with van der Waals surface area (Å²) in [4.78, 5) is 2.65. The molecular formula is C13H21NOS. The standard InChI is InChI=1S/C13H21NOS/c1-4-7-15-10-13-6-5-12(16-13)9-14-8-11(2)3/h4-6,11,14H,1,7-10H2,2-3H3. The fraction of sp³-hybridized carbons (Fsp3) is 0.538. The summed E-state index contributed by atoms with van der Waals surface area (Å²) < 4.78 is 5.40. The molecule has 3 heteroatoms. The smallest absolute Gasteiger partial charge is 0.0813 e. The minimum Gasteiger partial charge on any atom is -0.372 e. The molecule has 0 spiro atoms. The van der Waals surface area contributed by atoms with Crippen LogP contribution in [0, 0.1) is 5.92 Å². The molecular weight excluding hydrogens is 218 g/mol. The van der Waals surface area contributed by atoms with Crippen molar-refractivity contribution in [3.05, 3.63) is 34.5 Å². The molecule has 1 heterocycles. The minimum atomic E-state index is 0.624. The lowest BCUT2D eigenvalue weighted by Crippen LogP contribution is -2.18. The van der Waals surface area contributed by atoms with Gasteiger partial charge in [0.2, 0.25) is 0 Å². The van der Waals surface area contributed by atoms with E-state index >= 15 is 0 Å². The molecule has 1 rings (SSSR count). The van der Waals surface area contributed by atoms with E-state index in [-0.39, 0.29) is 0 Å². The molecule has 0 saturated carbocycles. The molecule has 0 atom stereocenters. The van der Waals surface area contributed by atoms with Crippen molar-refractivity contribution in [1.82, 2.24) is 5.32 Å². The average molecular weight is 239 g/mol. The molecule has 0 bridgehead atoms. The van der Waals surface area contributed by atoms with Crippen molar-refractivity contribution in [1.29, 1.82) is 0 Å². The lowest BCUT2D eigenvalue weighted by Gasteiger charge is -2.05. The van der Waals surface area contributed by atoms with Gasteiger partial charge in [-0.1, -0.05) is 19.9 Å². The second kappa shape index (κ2) is 7.60. The first-order chi connectivity index (χ1) is 7.72. The third kappa shape index (κ3) is 5.45. The largest absolute Gasteiger partial charge is 0.372 e. The van der Waals surface area contributed by atoms with Gasteiger partial charge in [0.1, 0.15) is 0 Å². The van der Waals surface area contributed by atoms with E-state index in [1.165, 1.54) is 9.75 Å². The number of thiophene rings is 1. The van der Waals surface area contributed by atoms with Crippen LogP contribution in [0.1, 0.15) is 23.6 Å². The molecule has 0 aliphatic rings. The van der Waals surface area contributed by atoms with Crippen LogP contribution >= 0.6 is 11.3 Å². The molecule has 1 aromatic heterocycles. The Hall–Kier alpha value is -0.640. The molecule has 1 N–H and O–H groups in total. The second-order valence-electron chi connectivity index (χ2n) is 4.20. The molecule has 0 aromatic carbocycles. The summed E-state index contributed by atoms with van der Waals surface area (Å²) in [6, 6.07) is 4.31. The third-order valence-corrected chi connectivity index (χ3v) is 3.11. The van der Waals surface area contributed by atoms with Crippen LogP contribution in [-0.2, 0) is 17.9 Å². The van der Waals surface area contributed by atoms with Gasteiger partial charge < -0.3 is 10.1 Å². The molecule has 1 aromatic rings. The highest BCUT2D eigenvalue weighted by molar-refractivity contribution is 7.11. The van der Waals surface area contributed by atoms with Crippen LogP contribution in [0.4, 0.5) is 0 Å². The Kier molecular flexibility index (Phi) is 6.38. The van der Waals surface area contributed by atoms with Gasteiger partial charge in [0.15, 0.2) is 0 Å². The summed E-state index contributed by atoms with van der Waals surface area (Å²) >= 11 is 1.81. The Bertz CT molecular complexity index is 307. The monoisotopic (exact) mass is 239 g/mol. The molecule has 0 saturated heterocycles. The zero-order chi connectivity index (χ0) is 11.8. The average Bonchev–Trinajstić information content (AvgIpc) is 2.66. The highest BCUT2D eigenvalue weighted by atomic mass is 32.1. The van der Waals surface area contributed by atoms with Crippen LogP contribution in [-0.4, -0.2) is 13.2 Å². The maximum absolute atomic E-state index is 5.40. The Balaban J connectivity index is 2.25. The van der Waals surface area contributed by atoms with Crippen LogP contribution in [0.15, 0.2) is 24.8 Å². The molecule has 0 unspecified atom stereocenters. The van der Waals surface area contributed by atoms with E-state index in [4.69, 9.17) is 4.74 Å². The summed E-state index contributed by atoms with van der Waals surface area (Å²) in [6.07, 6.45) is 1.78. The van der Waals surface area contributed by atoms with E-state index < -0.39 is 0 Å². The summed E-state index contributed by atoms with van der Waals surface area (Å²) in [7, 11) is 0. The van der Waals surface area contributed by atoms with E-state index in [1.807, 2.05) is 11.3 Å². The first-order valence-electron chi connectivity index (χ1n) is 5.69. The maximum Gasteiger partial charge on any atom is 0.0813 e. The van der Waals surface area contributed by atoms with Gasteiger partial charge in [-0.05, 0) is 24.6 Å². The van der Waals surface area contributed by atoms with Gasteiger partial charge in [0.05, 0.1) is 13.2 Å². The first kappa shape index (κ1) is 13.4. The van der Waals surface area contributed by atoms with E-state index in [9.17, 15) is 0 Å². The SMILES string of the molecule is C=CCOCc1ccc(CNCC(C)C)s1. The Labute approximate surface area is 102 Å². The minimum absolute atomic E-state index is 0.624. The quantitative estimate of drug-likeness (QED) is 0.555. The zero-order valence-corrected chi connectivity index (χ0v) is 11.0. The number of rotatable bonds is 8. The molecule has 0 aliphatic carbocycles. The molecule has 0 amide bonds. The van der Waals surface area contributed by atoms with Crippen molar-refractivity contribution in [2.24, 2.45) is 5.92 Å². The Morgan fingerprint density at radius 2 is 2.19 bits per heavy atom. The van der Waals surface area contributed by atoms with Crippen LogP contribution in [0.3, 0.4) is 0 Å². The summed E-state index contributed by atoms with van der Waals surface area (Å²) in [5.74, 6) is 0.704. The van der Waals surface area contributed by atoms with Gasteiger partial charge in [0, 0.05) is 16.3 Å². The van der Waals surface area contributed by atoms with Crippen molar-refractivity contribution in [2.45, 2.75) is 27.0 Å². The third-order valence-electron chi connectivity index (χ3n) is 2.05. The lowest BCUT2D eigenvalue weighted by atomic mass is 10.2. The molecule has 90 valence electrons. The number of hydrogen-bond donors (Lipinski definition) is 1. The van der Waals surface area contributed by atoms with E-state index in [0.717, 1.165) is 13.1 Å². The highest BCUT2D eigenvalue weighted by Crippen LogP contribution is 2.17. The van der Waals surface area contributed by atoms with Gasteiger partial charge >= 0.3 is 0 Å². The van der Waals surface area contributed by atoms with Crippen molar-refractivity contribution < 1.29 is 4.74 Å². The molecule has 0 fully saturated rings.